The molecule has 0 spiro atoms. The Balaban J connectivity index is 2.02. The van der Waals surface area contributed by atoms with E-state index in [1.807, 2.05) is 12.1 Å². The van der Waals surface area contributed by atoms with Crippen molar-refractivity contribution in [3.8, 4) is 5.75 Å². The van der Waals surface area contributed by atoms with Crippen molar-refractivity contribution in [3.05, 3.63) is 29.8 Å². The smallest absolute Gasteiger partial charge is 0.119 e. The second-order valence-electron chi connectivity index (χ2n) is 4.90. The van der Waals surface area contributed by atoms with E-state index in [1.54, 1.807) is 0 Å². The number of rotatable bonds is 5. The van der Waals surface area contributed by atoms with E-state index >= 15 is 0 Å². The molecule has 3 nitrogen and oxygen atoms in total. The maximum atomic E-state index is 6.36. The topological polar surface area (TPSA) is 44.5 Å². The first kappa shape index (κ1) is 13.4. The van der Waals surface area contributed by atoms with Crippen molar-refractivity contribution in [2.24, 2.45) is 11.7 Å². The highest BCUT2D eigenvalue weighted by Crippen LogP contribution is 2.29. The Kier molecular flexibility index (Phi) is 5.02. The normalized spacial score (nSPS) is 18.6. The maximum Gasteiger partial charge on any atom is 0.119 e. The Morgan fingerprint density at radius 1 is 1.39 bits per heavy atom. The van der Waals surface area contributed by atoms with Crippen LogP contribution in [0, 0.1) is 5.92 Å². The van der Waals surface area contributed by atoms with Crippen LogP contribution in [-0.4, -0.2) is 19.8 Å². The first-order valence-electron chi connectivity index (χ1n) is 6.87. The van der Waals surface area contributed by atoms with E-state index in [1.165, 1.54) is 5.56 Å². The molecule has 18 heavy (non-hydrogen) atoms. The van der Waals surface area contributed by atoms with Crippen molar-refractivity contribution in [3.63, 3.8) is 0 Å². The van der Waals surface area contributed by atoms with Crippen molar-refractivity contribution < 1.29 is 9.47 Å². The van der Waals surface area contributed by atoms with Crippen LogP contribution in [0.15, 0.2) is 24.3 Å². The highest BCUT2D eigenvalue weighted by Gasteiger charge is 2.22. The van der Waals surface area contributed by atoms with Crippen LogP contribution < -0.4 is 10.5 Å². The van der Waals surface area contributed by atoms with Gasteiger partial charge in [0.2, 0.25) is 0 Å². The molecule has 0 bridgehead atoms. The van der Waals surface area contributed by atoms with Crippen LogP contribution in [0.25, 0.3) is 0 Å². The van der Waals surface area contributed by atoms with Gasteiger partial charge in [0.1, 0.15) is 5.75 Å². The Hall–Kier alpha value is -1.06. The molecule has 1 fully saturated rings. The van der Waals surface area contributed by atoms with Gasteiger partial charge in [-0.2, -0.15) is 0 Å². The van der Waals surface area contributed by atoms with Gasteiger partial charge in [0.25, 0.3) is 0 Å². The third-order valence-electron chi connectivity index (χ3n) is 3.49. The molecule has 0 amide bonds. The first-order chi connectivity index (χ1) is 8.81. The van der Waals surface area contributed by atoms with Gasteiger partial charge >= 0.3 is 0 Å². The number of nitrogens with two attached hydrogens (primary N) is 1. The van der Waals surface area contributed by atoms with E-state index in [0.717, 1.165) is 44.8 Å². The molecule has 1 aliphatic heterocycles. The fourth-order valence-electron chi connectivity index (χ4n) is 2.38. The molecule has 2 N–H and O–H groups in total. The van der Waals surface area contributed by atoms with Crippen molar-refractivity contribution in [1.29, 1.82) is 0 Å². The number of benzene rings is 1. The van der Waals surface area contributed by atoms with Crippen LogP contribution in [0.2, 0.25) is 0 Å². The lowest BCUT2D eigenvalue weighted by molar-refractivity contribution is 0.0583. The summed E-state index contributed by atoms with van der Waals surface area (Å²) < 4.78 is 11.0. The average molecular weight is 249 g/mol. The third-order valence-corrected chi connectivity index (χ3v) is 3.49. The summed E-state index contributed by atoms with van der Waals surface area (Å²) >= 11 is 0. The van der Waals surface area contributed by atoms with Crippen LogP contribution in [0.1, 0.15) is 37.8 Å². The standard InChI is InChI=1S/C15H23NO2/c1-2-8-18-14-5-3-4-13(11-14)15(16)12-6-9-17-10-7-12/h3-5,11-12,15H,2,6-10,16H2,1H3. The van der Waals surface area contributed by atoms with Crippen molar-refractivity contribution in [1.82, 2.24) is 0 Å². The Bertz CT molecular complexity index is 361. The minimum atomic E-state index is 0.0964. The first-order valence-corrected chi connectivity index (χ1v) is 6.87. The summed E-state index contributed by atoms with van der Waals surface area (Å²) in [5.74, 6) is 1.46. The molecule has 0 aromatic heterocycles. The van der Waals surface area contributed by atoms with E-state index in [2.05, 4.69) is 19.1 Å². The van der Waals surface area contributed by atoms with Crippen LogP contribution in [0.4, 0.5) is 0 Å². The highest BCUT2D eigenvalue weighted by molar-refractivity contribution is 5.30. The summed E-state index contributed by atoms with van der Waals surface area (Å²) in [5.41, 5.74) is 7.53. The summed E-state index contributed by atoms with van der Waals surface area (Å²) in [7, 11) is 0. The lowest BCUT2D eigenvalue weighted by atomic mass is 9.88. The predicted octanol–water partition coefficient (Wildman–Crippen LogP) is 2.90. The summed E-state index contributed by atoms with van der Waals surface area (Å²) in [6, 6.07) is 8.29. The predicted molar refractivity (Wildman–Crippen MR) is 72.7 cm³/mol. The van der Waals surface area contributed by atoms with Crippen molar-refractivity contribution in [2.75, 3.05) is 19.8 Å². The fourth-order valence-corrected chi connectivity index (χ4v) is 2.38. The molecule has 100 valence electrons. The molecule has 2 rings (SSSR count). The summed E-state index contributed by atoms with van der Waals surface area (Å²) in [4.78, 5) is 0. The van der Waals surface area contributed by atoms with E-state index in [-0.39, 0.29) is 6.04 Å². The largest absolute Gasteiger partial charge is 0.494 e. The van der Waals surface area contributed by atoms with Gasteiger partial charge in [0.15, 0.2) is 0 Å². The number of hydrogen-bond donors (Lipinski definition) is 1. The molecule has 3 heteroatoms. The number of hydrogen-bond acceptors (Lipinski definition) is 3. The molecule has 1 aromatic carbocycles. The third kappa shape index (κ3) is 3.47. The molecule has 0 aliphatic carbocycles. The second-order valence-corrected chi connectivity index (χ2v) is 4.90. The van der Waals surface area contributed by atoms with Crippen LogP contribution >= 0.6 is 0 Å². The van der Waals surface area contributed by atoms with Crippen molar-refractivity contribution in [2.45, 2.75) is 32.2 Å². The minimum Gasteiger partial charge on any atom is -0.494 e. The van der Waals surface area contributed by atoms with E-state index < -0.39 is 0 Å². The number of ether oxygens (including phenoxy) is 2. The van der Waals surface area contributed by atoms with Gasteiger partial charge in [-0.05, 0) is 42.9 Å². The van der Waals surface area contributed by atoms with Gasteiger partial charge < -0.3 is 15.2 Å². The molecule has 1 saturated heterocycles. The van der Waals surface area contributed by atoms with E-state index in [9.17, 15) is 0 Å². The summed E-state index contributed by atoms with van der Waals surface area (Å²) in [5, 5.41) is 0. The molecular formula is C15H23NO2. The maximum absolute atomic E-state index is 6.36. The van der Waals surface area contributed by atoms with Gasteiger partial charge in [0.05, 0.1) is 6.61 Å². The summed E-state index contributed by atoms with van der Waals surface area (Å²) in [6.07, 6.45) is 3.14. The zero-order chi connectivity index (χ0) is 12.8. The van der Waals surface area contributed by atoms with Crippen LogP contribution in [0.3, 0.4) is 0 Å². The van der Waals surface area contributed by atoms with Gasteiger partial charge in [-0.15, -0.1) is 0 Å². The SMILES string of the molecule is CCCOc1cccc(C(N)C2CCOCC2)c1. The van der Waals surface area contributed by atoms with Crippen LogP contribution in [0.5, 0.6) is 5.75 Å². The van der Waals surface area contributed by atoms with Gasteiger partial charge in [-0.3, -0.25) is 0 Å². The summed E-state index contributed by atoms with van der Waals surface area (Å²) in [6.45, 7) is 4.54. The highest BCUT2D eigenvalue weighted by atomic mass is 16.5. The molecule has 0 radical (unpaired) electrons. The van der Waals surface area contributed by atoms with Gasteiger partial charge in [-0.25, -0.2) is 0 Å². The lowest BCUT2D eigenvalue weighted by Crippen LogP contribution is -2.27. The molecule has 1 atom stereocenters. The molecule has 1 aliphatic rings. The Labute approximate surface area is 109 Å². The Morgan fingerprint density at radius 2 is 2.17 bits per heavy atom. The quantitative estimate of drug-likeness (QED) is 0.872. The van der Waals surface area contributed by atoms with Gasteiger partial charge in [0, 0.05) is 19.3 Å². The second kappa shape index (κ2) is 6.76. The van der Waals surface area contributed by atoms with Crippen molar-refractivity contribution >= 4 is 0 Å². The Morgan fingerprint density at radius 3 is 2.89 bits per heavy atom. The molecule has 1 heterocycles. The van der Waals surface area contributed by atoms with Crippen LogP contribution in [-0.2, 0) is 4.74 Å². The average Bonchev–Trinajstić information content (AvgIpc) is 2.45. The monoisotopic (exact) mass is 249 g/mol. The lowest BCUT2D eigenvalue weighted by Gasteiger charge is -2.28. The molecule has 1 unspecified atom stereocenters. The molecule has 0 saturated carbocycles. The van der Waals surface area contributed by atoms with E-state index in [0.29, 0.717) is 5.92 Å². The van der Waals surface area contributed by atoms with E-state index in [4.69, 9.17) is 15.2 Å². The zero-order valence-electron chi connectivity index (χ0n) is 11.1. The molecule has 1 aromatic rings. The zero-order valence-corrected chi connectivity index (χ0v) is 11.1. The van der Waals surface area contributed by atoms with Gasteiger partial charge in [-0.1, -0.05) is 19.1 Å². The fraction of sp³-hybridized carbons (Fsp3) is 0.600. The molecular weight excluding hydrogens is 226 g/mol. The minimum absolute atomic E-state index is 0.0964.